The zero-order valence-corrected chi connectivity index (χ0v) is 10.7. The summed E-state index contributed by atoms with van der Waals surface area (Å²) in [5, 5.41) is 3.52. The van der Waals surface area contributed by atoms with Crippen LogP contribution < -0.4 is 5.32 Å². The summed E-state index contributed by atoms with van der Waals surface area (Å²) in [7, 11) is 0. The minimum atomic E-state index is -2.80. The molecule has 6 heteroatoms. The molecule has 0 radical (unpaired) electrons. The first kappa shape index (κ1) is 12.5. The van der Waals surface area contributed by atoms with Crippen LogP contribution in [0.4, 0.5) is 14.6 Å². The maximum absolute atomic E-state index is 13.6. The Balaban J connectivity index is 2.42. The van der Waals surface area contributed by atoms with Crippen molar-refractivity contribution < 1.29 is 8.78 Å². The zero-order chi connectivity index (χ0) is 12.5. The van der Waals surface area contributed by atoms with Crippen molar-refractivity contribution in [3.63, 3.8) is 0 Å². The minimum Gasteiger partial charge on any atom is -0.370 e. The highest BCUT2D eigenvalue weighted by Gasteiger charge is 2.42. The average Bonchev–Trinajstić information content (AvgIpc) is 2.62. The number of anilines is 1. The number of alkyl halides is 2. The fraction of sp³-hybridized carbons (Fsp3) is 0.636. The van der Waals surface area contributed by atoms with E-state index < -0.39 is 5.92 Å². The molecular formula is C11H15F2N3S. The van der Waals surface area contributed by atoms with Gasteiger partial charge in [0.2, 0.25) is 0 Å². The Labute approximate surface area is 103 Å². The van der Waals surface area contributed by atoms with E-state index in [1.54, 1.807) is 6.26 Å². The third-order valence-electron chi connectivity index (χ3n) is 2.75. The van der Waals surface area contributed by atoms with Crippen molar-refractivity contribution in [1.82, 2.24) is 9.97 Å². The van der Waals surface area contributed by atoms with E-state index in [4.69, 9.17) is 0 Å². The highest BCUT2D eigenvalue weighted by molar-refractivity contribution is 7.98. The fourth-order valence-corrected chi connectivity index (χ4v) is 2.25. The predicted octanol–water partition coefficient (Wildman–Crippen LogP) is 3.06. The topological polar surface area (TPSA) is 37.8 Å². The van der Waals surface area contributed by atoms with Gasteiger partial charge in [0.1, 0.15) is 11.5 Å². The molecule has 3 nitrogen and oxygen atoms in total. The number of aromatic nitrogens is 2. The second-order valence-electron chi connectivity index (χ2n) is 4.02. The molecule has 2 rings (SSSR count). The van der Waals surface area contributed by atoms with Gasteiger partial charge in [-0.1, -0.05) is 18.7 Å². The molecule has 1 aliphatic carbocycles. The standard InChI is InChI=1S/C11H15F2N3S/c1-3-6-14-9-7-4-5-11(12,13)8(7)15-10(16-9)17-2/h3-6H2,1-2H3,(H,14,15,16). The van der Waals surface area contributed by atoms with Crippen LogP contribution in [0.5, 0.6) is 0 Å². The van der Waals surface area contributed by atoms with Gasteiger partial charge in [-0.25, -0.2) is 9.97 Å². The molecule has 0 fully saturated rings. The number of thioether (sulfide) groups is 1. The molecule has 0 spiro atoms. The van der Waals surface area contributed by atoms with Crippen molar-refractivity contribution in [3.05, 3.63) is 11.3 Å². The Kier molecular flexibility index (Phi) is 3.51. The molecule has 0 aliphatic heterocycles. The molecule has 0 aromatic carbocycles. The van der Waals surface area contributed by atoms with E-state index in [2.05, 4.69) is 15.3 Å². The smallest absolute Gasteiger partial charge is 0.290 e. The maximum atomic E-state index is 13.6. The molecule has 17 heavy (non-hydrogen) atoms. The highest BCUT2D eigenvalue weighted by Crippen LogP contribution is 2.43. The zero-order valence-electron chi connectivity index (χ0n) is 9.89. The minimum absolute atomic E-state index is 0.0875. The van der Waals surface area contributed by atoms with E-state index in [1.165, 1.54) is 11.8 Å². The molecule has 94 valence electrons. The van der Waals surface area contributed by atoms with Crippen LogP contribution >= 0.6 is 11.8 Å². The predicted molar refractivity (Wildman–Crippen MR) is 64.8 cm³/mol. The number of halogens is 2. The number of hydrogen-bond acceptors (Lipinski definition) is 4. The molecule has 0 bridgehead atoms. The van der Waals surface area contributed by atoms with Gasteiger partial charge in [0.25, 0.3) is 5.92 Å². The van der Waals surface area contributed by atoms with Gasteiger partial charge < -0.3 is 5.32 Å². The van der Waals surface area contributed by atoms with E-state index in [0.29, 0.717) is 23.0 Å². The van der Waals surface area contributed by atoms with Gasteiger partial charge >= 0.3 is 0 Å². The Morgan fingerprint density at radius 3 is 2.82 bits per heavy atom. The summed E-state index contributed by atoms with van der Waals surface area (Å²) in [6, 6.07) is 0. The lowest BCUT2D eigenvalue weighted by Crippen LogP contribution is -2.13. The molecule has 0 amide bonds. The van der Waals surface area contributed by atoms with E-state index in [0.717, 1.165) is 13.0 Å². The summed E-state index contributed by atoms with van der Waals surface area (Å²) in [5.74, 6) is -2.22. The normalized spacial score (nSPS) is 16.9. The van der Waals surface area contributed by atoms with Crippen molar-refractivity contribution >= 4 is 17.6 Å². The summed E-state index contributed by atoms with van der Waals surface area (Å²) in [6.07, 6.45) is 2.92. The van der Waals surface area contributed by atoms with Gasteiger partial charge in [-0.05, 0) is 19.1 Å². The van der Waals surface area contributed by atoms with Crippen LogP contribution in [0, 0.1) is 0 Å². The van der Waals surface area contributed by atoms with Gasteiger partial charge in [-0.3, -0.25) is 0 Å². The molecule has 0 atom stereocenters. The number of hydrogen-bond donors (Lipinski definition) is 1. The van der Waals surface area contributed by atoms with Gasteiger partial charge in [0.05, 0.1) is 0 Å². The van der Waals surface area contributed by atoms with Crippen LogP contribution in [0.15, 0.2) is 5.16 Å². The third kappa shape index (κ3) is 2.36. The summed E-state index contributed by atoms with van der Waals surface area (Å²) < 4.78 is 27.3. The Morgan fingerprint density at radius 1 is 1.41 bits per heavy atom. The van der Waals surface area contributed by atoms with Gasteiger partial charge in [0, 0.05) is 18.5 Å². The fourth-order valence-electron chi connectivity index (χ4n) is 1.88. The first-order valence-corrected chi connectivity index (χ1v) is 6.88. The van der Waals surface area contributed by atoms with Crippen LogP contribution in [-0.2, 0) is 12.3 Å². The Morgan fingerprint density at radius 2 is 2.18 bits per heavy atom. The largest absolute Gasteiger partial charge is 0.370 e. The Hall–Kier alpha value is -0.910. The molecule has 1 heterocycles. The molecule has 0 unspecified atom stereocenters. The first-order chi connectivity index (χ1) is 8.08. The van der Waals surface area contributed by atoms with E-state index >= 15 is 0 Å². The van der Waals surface area contributed by atoms with Crippen LogP contribution in [0.3, 0.4) is 0 Å². The van der Waals surface area contributed by atoms with E-state index in [9.17, 15) is 8.78 Å². The van der Waals surface area contributed by atoms with Gasteiger partial charge in [0.15, 0.2) is 5.16 Å². The molecule has 0 saturated carbocycles. The average molecular weight is 259 g/mol. The summed E-state index contributed by atoms with van der Waals surface area (Å²) in [6.45, 7) is 2.77. The van der Waals surface area contributed by atoms with Crippen LogP contribution in [-0.4, -0.2) is 22.8 Å². The summed E-state index contributed by atoms with van der Waals surface area (Å²) in [5.41, 5.74) is 0.497. The second-order valence-corrected chi connectivity index (χ2v) is 4.79. The van der Waals surface area contributed by atoms with Crippen molar-refractivity contribution in [3.8, 4) is 0 Å². The van der Waals surface area contributed by atoms with Crippen molar-refractivity contribution in [1.29, 1.82) is 0 Å². The quantitative estimate of drug-likeness (QED) is 0.666. The number of rotatable bonds is 4. The molecule has 1 aliphatic rings. The first-order valence-electron chi connectivity index (χ1n) is 5.65. The number of nitrogens with one attached hydrogen (secondary N) is 1. The molecule has 1 aromatic heterocycles. The summed E-state index contributed by atoms with van der Waals surface area (Å²) >= 11 is 1.29. The molecule has 0 saturated heterocycles. The Bertz CT molecular complexity index is 423. The van der Waals surface area contributed by atoms with Crippen molar-refractivity contribution in [2.24, 2.45) is 0 Å². The van der Waals surface area contributed by atoms with E-state index in [-0.39, 0.29) is 12.1 Å². The van der Waals surface area contributed by atoms with Crippen molar-refractivity contribution in [2.45, 2.75) is 37.3 Å². The third-order valence-corrected chi connectivity index (χ3v) is 3.29. The lowest BCUT2D eigenvalue weighted by molar-refractivity contribution is -0.00650. The van der Waals surface area contributed by atoms with E-state index in [1.807, 2.05) is 6.92 Å². The molecule has 1 N–H and O–H groups in total. The van der Waals surface area contributed by atoms with Crippen LogP contribution in [0.2, 0.25) is 0 Å². The number of nitrogens with zero attached hydrogens (tertiary/aromatic N) is 2. The maximum Gasteiger partial charge on any atom is 0.290 e. The molecular weight excluding hydrogens is 244 g/mol. The SMILES string of the molecule is CCCNc1nc(SC)nc2c1CCC2(F)F. The lowest BCUT2D eigenvalue weighted by atomic mass is 10.2. The van der Waals surface area contributed by atoms with Crippen LogP contribution in [0.1, 0.15) is 31.0 Å². The monoisotopic (exact) mass is 259 g/mol. The summed E-state index contributed by atoms with van der Waals surface area (Å²) in [4.78, 5) is 8.23. The second kappa shape index (κ2) is 4.76. The van der Waals surface area contributed by atoms with Crippen molar-refractivity contribution in [2.75, 3.05) is 18.1 Å². The van der Waals surface area contributed by atoms with Gasteiger partial charge in [-0.2, -0.15) is 8.78 Å². The van der Waals surface area contributed by atoms with Gasteiger partial charge in [-0.15, -0.1) is 0 Å². The lowest BCUT2D eigenvalue weighted by Gasteiger charge is -2.13. The van der Waals surface area contributed by atoms with Crippen LogP contribution in [0.25, 0.3) is 0 Å². The molecule has 1 aromatic rings. The highest BCUT2D eigenvalue weighted by atomic mass is 32.2. The number of fused-ring (bicyclic) bond motifs is 1.